The van der Waals surface area contributed by atoms with Crippen LogP contribution in [0.4, 0.5) is 0 Å². The molecule has 0 saturated heterocycles. The molecule has 1 aliphatic heterocycles. The van der Waals surface area contributed by atoms with Gasteiger partial charge in [-0.25, -0.2) is 5.43 Å². The summed E-state index contributed by atoms with van der Waals surface area (Å²) < 4.78 is 1.43. The van der Waals surface area contributed by atoms with Crippen LogP contribution in [0.5, 0.6) is 0 Å². The summed E-state index contributed by atoms with van der Waals surface area (Å²) in [6.07, 6.45) is 1.81. The third-order valence-corrected chi connectivity index (χ3v) is 2.22. The minimum absolute atomic E-state index is 0.539. The van der Waals surface area contributed by atoms with E-state index >= 15 is 0 Å². The van der Waals surface area contributed by atoms with E-state index in [9.17, 15) is 0 Å². The van der Waals surface area contributed by atoms with Gasteiger partial charge in [0, 0.05) is 18.4 Å². The molecule has 0 saturated carbocycles. The van der Waals surface area contributed by atoms with Gasteiger partial charge in [0.1, 0.15) is 5.54 Å². The lowest BCUT2D eigenvalue weighted by atomic mass is 10.1. The fraction of sp³-hybridized carbons (Fsp3) is 0.667. The van der Waals surface area contributed by atoms with E-state index in [-0.39, 0.29) is 0 Å². The Hall–Kier alpha value is -1.00. The fourth-order valence-electron chi connectivity index (χ4n) is 1.17. The van der Waals surface area contributed by atoms with E-state index in [1.54, 1.807) is 13.8 Å². The van der Waals surface area contributed by atoms with Crippen molar-refractivity contribution < 1.29 is 0 Å². The molecule has 0 fully saturated rings. The third kappa shape index (κ3) is 3.54. The highest BCUT2D eigenvalue weighted by Crippen LogP contribution is 2.09. The minimum atomic E-state index is -0.691. The van der Waals surface area contributed by atoms with E-state index in [0.717, 1.165) is 12.2 Å². The van der Waals surface area contributed by atoms with Crippen LogP contribution in [0.1, 0.15) is 20.8 Å². The molecule has 0 unspecified atom stereocenters. The molecule has 0 amide bonds. The van der Waals surface area contributed by atoms with Crippen molar-refractivity contribution in [3.63, 3.8) is 0 Å². The first kappa shape index (κ1) is 13.1. The molecule has 1 aliphatic rings. The summed E-state index contributed by atoms with van der Waals surface area (Å²) in [5, 5.41) is 13.5. The lowest BCUT2D eigenvalue weighted by Crippen LogP contribution is -2.62. The van der Waals surface area contributed by atoms with Crippen LogP contribution in [0.3, 0.4) is 0 Å². The maximum Gasteiger partial charge on any atom is 0.116 e. The van der Waals surface area contributed by atoms with Crippen LogP contribution in [-0.2, 0) is 0 Å². The summed E-state index contributed by atoms with van der Waals surface area (Å²) in [7, 11) is 0. The first-order valence-electron chi connectivity index (χ1n) is 5.10. The Labute approximate surface area is 101 Å². The molecular weight excluding hydrogens is 228 g/mol. The maximum atomic E-state index is 8.89. The second-order valence-corrected chi connectivity index (χ2v) is 4.37. The molecule has 0 aromatic carbocycles. The summed E-state index contributed by atoms with van der Waals surface area (Å²) in [6, 6.07) is 2.13. The molecular formula is C9H17ClN6. The molecule has 0 aliphatic carbocycles. The number of halogens is 1. The van der Waals surface area contributed by atoms with Crippen molar-refractivity contribution in [2.75, 3.05) is 13.1 Å². The topological polar surface area (TPSA) is 66.4 Å². The highest BCUT2D eigenvalue weighted by Gasteiger charge is 2.25. The maximum absolute atomic E-state index is 8.89. The zero-order valence-corrected chi connectivity index (χ0v) is 10.5. The minimum Gasteiger partial charge on any atom is -0.386 e. The van der Waals surface area contributed by atoms with E-state index in [2.05, 4.69) is 22.2 Å². The van der Waals surface area contributed by atoms with Crippen molar-refractivity contribution in [1.29, 1.82) is 5.26 Å². The van der Waals surface area contributed by atoms with Gasteiger partial charge in [0.25, 0.3) is 0 Å². The van der Waals surface area contributed by atoms with Crippen molar-refractivity contribution in [2.24, 2.45) is 0 Å². The molecule has 6 nitrogen and oxygen atoms in total. The molecule has 3 N–H and O–H groups in total. The van der Waals surface area contributed by atoms with Crippen molar-refractivity contribution >= 4 is 11.8 Å². The van der Waals surface area contributed by atoms with Crippen LogP contribution in [0, 0.1) is 11.3 Å². The van der Waals surface area contributed by atoms with Gasteiger partial charge in [0.15, 0.2) is 0 Å². The number of hydrogen-bond acceptors (Lipinski definition) is 6. The van der Waals surface area contributed by atoms with Crippen LogP contribution >= 0.6 is 11.8 Å². The molecule has 1 rings (SSSR count). The monoisotopic (exact) mass is 244 g/mol. The highest BCUT2D eigenvalue weighted by molar-refractivity contribution is 6.13. The number of hydrogen-bond donors (Lipinski definition) is 3. The first-order chi connectivity index (χ1) is 7.48. The van der Waals surface area contributed by atoms with Crippen LogP contribution < -0.4 is 16.2 Å². The number of nitrogens with zero attached hydrogens (tertiary/aromatic N) is 3. The highest BCUT2D eigenvalue weighted by atomic mass is 35.5. The van der Waals surface area contributed by atoms with E-state index in [4.69, 9.17) is 17.0 Å². The number of nitriles is 1. The predicted molar refractivity (Wildman–Crippen MR) is 62.1 cm³/mol. The number of rotatable bonds is 4. The number of hydrazine groups is 3. The number of nitrogens with one attached hydrogen (secondary N) is 3. The molecule has 7 heteroatoms. The van der Waals surface area contributed by atoms with Gasteiger partial charge >= 0.3 is 0 Å². The van der Waals surface area contributed by atoms with Crippen LogP contribution in [0.15, 0.2) is 11.9 Å². The Morgan fingerprint density at radius 2 is 2.38 bits per heavy atom. The van der Waals surface area contributed by atoms with Crippen molar-refractivity contribution in [2.45, 2.75) is 26.3 Å². The number of likely N-dealkylation sites (N-methyl/N-ethyl adjacent to an activating group) is 1. The van der Waals surface area contributed by atoms with Gasteiger partial charge < -0.3 is 5.32 Å². The average Bonchev–Trinajstić information content (AvgIpc) is 2.23. The smallest absolute Gasteiger partial charge is 0.116 e. The summed E-state index contributed by atoms with van der Waals surface area (Å²) >= 11 is 6.02. The molecule has 0 aromatic rings. The van der Waals surface area contributed by atoms with Gasteiger partial charge in [-0.05, 0) is 32.5 Å². The molecule has 0 radical (unpaired) electrons. The largest absolute Gasteiger partial charge is 0.386 e. The predicted octanol–water partition coefficient (Wildman–Crippen LogP) is 0.435. The van der Waals surface area contributed by atoms with Gasteiger partial charge in [-0.1, -0.05) is 5.23 Å². The van der Waals surface area contributed by atoms with Gasteiger partial charge in [-0.15, -0.1) is 4.53 Å². The van der Waals surface area contributed by atoms with E-state index in [1.807, 2.05) is 13.1 Å². The van der Waals surface area contributed by atoms with Gasteiger partial charge in [0.2, 0.25) is 0 Å². The second kappa shape index (κ2) is 5.37. The Morgan fingerprint density at radius 1 is 1.69 bits per heavy atom. The first-order valence-corrected chi connectivity index (χ1v) is 5.44. The normalized spacial score (nSPS) is 18.6. The van der Waals surface area contributed by atoms with Crippen LogP contribution in [0.25, 0.3) is 0 Å². The lowest BCUT2D eigenvalue weighted by molar-refractivity contribution is -0.0575. The fourth-order valence-corrected chi connectivity index (χ4v) is 1.38. The Morgan fingerprint density at radius 3 is 2.88 bits per heavy atom. The van der Waals surface area contributed by atoms with Crippen LogP contribution in [0.2, 0.25) is 0 Å². The van der Waals surface area contributed by atoms with E-state index < -0.39 is 5.54 Å². The Kier molecular flexibility index (Phi) is 4.38. The van der Waals surface area contributed by atoms with E-state index in [0.29, 0.717) is 6.54 Å². The summed E-state index contributed by atoms with van der Waals surface area (Å²) in [5.74, 6) is 0. The molecule has 1 heterocycles. The van der Waals surface area contributed by atoms with Gasteiger partial charge in [0.05, 0.1) is 12.6 Å². The van der Waals surface area contributed by atoms with Gasteiger partial charge in [-0.2, -0.15) is 5.26 Å². The zero-order chi connectivity index (χ0) is 12.2. The quantitative estimate of drug-likeness (QED) is 0.624. The van der Waals surface area contributed by atoms with Gasteiger partial charge in [-0.3, -0.25) is 5.43 Å². The zero-order valence-electron chi connectivity index (χ0n) is 9.71. The summed E-state index contributed by atoms with van der Waals surface area (Å²) in [4.78, 5) is 0. The molecule has 0 atom stereocenters. The molecule has 0 spiro atoms. The lowest BCUT2D eigenvalue weighted by Gasteiger charge is -2.36. The average molecular weight is 245 g/mol. The molecule has 16 heavy (non-hydrogen) atoms. The summed E-state index contributed by atoms with van der Waals surface area (Å²) in [5.41, 5.74) is 6.17. The summed E-state index contributed by atoms with van der Waals surface area (Å²) in [6.45, 7) is 6.93. The van der Waals surface area contributed by atoms with Crippen LogP contribution in [-0.4, -0.2) is 28.4 Å². The van der Waals surface area contributed by atoms with Crippen molar-refractivity contribution in [3.05, 3.63) is 11.9 Å². The third-order valence-electron chi connectivity index (χ3n) is 1.95. The molecule has 90 valence electrons. The Bertz CT molecular complexity index is 308. The van der Waals surface area contributed by atoms with Crippen molar-refractivity contribution in [3.8, 4) is 6.07 Å². The SMILES string of the molecule is CCNC1=CNN(NC(C)(C)C#N)N(Cl)C1. The standard InChI is InChI=1S/C9H17ClN6/c1-4-12-8-5-13-16(15(10)6-8)14-9(2,3)7-11/h5,12-14H,4,6H2,1-3H3. The Balaban J connectivity index is 2.57. The molecule has 0 bridgehead atoms. The second-order valence-electron chi connectivity index (χ2n) is 3.98. The van der Waals surface area contributed by atoms with E-state index in [1.165, 1.54) is 9.75 Å². The van der Waals surface area contributed by atoms with Crippen molar-refractivity contribution in [1.82, 2.24) is 25.9 Å². The molecule has 0 aromatic heterocycles.